The summed E-state index contributed by atoms with van der Waals surface area (Å²) in [6, 6.07) is 0. The summed E-state index contributed by atoms with van der Waals surface area (Å²) in [5, 5.41) is 8.67. The third-order valence-corrected chi connectivity index (χ3v) is 8.49. The van der Waals surface area contributed by atoms with Gasteiger partial charge in [0.05, 0.1) is 0 Å². The number of hydrogen-bond acceptors (Lipinski definition) is 3. The van der Waals surface area contributed by atoms with Crippen LogP contribution >= 0.6 is 0 Å². The van der Waals surface area contributed by atoms with Gasteiger partial charge < -0.3 is 9.84 Å². The van der Waals surface area contributed by atoms with Crippen molar-refractivity contribution >= 4 is 11.9 Å². The largest absolute Gasteiger partial charge is 0.481 e. The average molecular weight is 593 g/mol. The predicted molar refractivity (Wildman–Crippen MR) is 181 cm³/mol. The molecule has 0 heterocycles. The van der Waals surface area contributed by atoms with E-state index >= 15 is 0 Å². The number of carboxylic acids is 1. The van der Waals surface area contributed by atoms with Crippen molar-refractivity contribution in [1.29, 1.82) is 0 Å². The molecule has 4 nitrogen and oxygen atoms in total. The molecular formula is C38H72O4. The van der Waals surface area contributed by atoms with Crippen LogP contribution in [0.4, 0.5) is 0 Å². The van der Waals surface area contributed by atoms with Crippen molar-refractivity contribution in [1.82, 2.24) is 0 Å². The molecule has 0 aliphatic heterocycles. The van der Waals surface area contributed by atoms with Gasteiger partial charge in [0, 0.05) is 12.8 Å². The summed E-state index contributed by atoms with van der Waals surface area (Å²) in [4.78, 5) is 23.0. The molecule has 1 atom stereocenters. The van der Waals surface area contributed by atoms with Crippen LogP contribution in [-0.2, 0) is 14.3 Å². The van der Waals surface area contributed by atoms with Crippen LogP contribution in [0.1, 0.15) is 213 Å². The number of rotatable bonds is 34. The van der Waals surface area contributed by atoms with Crippen LogP contribution in [0.25, 0.3) is 0 Å². The molecule has 0 aromatic carbocycles. The fraction of sp³-hybridized carbons (Fsp3) is 0.895. The molecular weight excluding hydrogens is 520 g/mol. The fourth-order valence-electron chi connectivity index (χ4n) is 5.71. The van der Waals surface area contributed by atoms with Crippen LogP contribution in [0.2, 0.25) is 0 Å². The highest BCUT2D eigenvalue weighted by Crippen LogP contribution is 2.18. The van der Waals surface area contributed by atoms with Gasteiger partial charge in [0.2, 0.25) is 0 Å². The number of esters is 1. The molecule has 0 amide bonds. The Hall–Kier alpha value is -1.32. The molecule has 0 saturated carbocycles. The van der Waals surface area contributed by atoms with Gasteiger partial charge in [-0.3, -0.25) is 9.59 Å². The van der Waals surface area contributed by atoms with Crippen LogP contribution in [0.3, 0.4) is 0 Å². The number of unbranched alkanes of at least 4 members (excludes halogenated alkanes) is 23. The zero-order chi connectivity index (χ0) is 30.8. The van der Waals surface area contributed by atoms with Crippen molar-refractivity contribution in [2.75, 3.05) is 0 Å². The van der Waals surface area contributed by atoms with E-state index in [4.69, 9.17) is 9.84 Å². The topological polar surface area (TPSA) is 63.6 Å². The molecule has 0 rings (SSSR count). The van der Waals surface area contributed by atoms with Crippen LogP contribution in [0.5, 0.6) is 0 Å². The van der Waals surface area contributed by atoms with Gasteiger partial charge in [-0.2, -0.15) is 0 Å². The molecule has 248 valence electrons. The van der Waals surface area contributed by atoms with Crippen LogP contribution in [-0.4, -0.2) is 23.1 Å². The van der Waals surface area contributed by atoms with E-state index in [1.807, 2.05) is 0 Å². The Labute approximate surface area is 262 Å². The number of ether oxygens (including phenoxy) is 1. The Kier molecular flexibility index (Phi) is 33.1. The second-order valence-electron chi connectivity index (χ2n) is 12.8. The van der Waals surface area contributed by atoms with Crippen molar-refractivity contribution in [3.05, 3.63) is 12.2 Å². The monoisotopic (exact) mass is 593 g/mol. The molecule has 0 saturated heterocycles. The molecule has 0 spiro atoms. The molecule has 0 fully saturated rings. The predicted octanol–water partition coefficient (Wildman–Crippen LogP) is 12.7. The number of carbonyl (C=O) groups is 2. The molecule has 0 aliphatic carbocycles. The lowest BCUT2D eigenvalue weighted by molar-refractivity contribution is -0.150. The minimum absolute atomic E-state index is 0.0251. The molecule has 0 radical (unpaired) electrons. The maximum atomic E-state index is 12.5. The first-order valence-corrected chi connectivity index (χ1v) is 18.7. The highest BCUT2D eigenvalue weighted by atomic mass is 16.5. The summed E-state index contributed by atoms with van der Waals surface area (Å²) in [6.07, 6.45) is 41.1. The van der Waals surface area contributed by atoms with Crippen molar-refractivity contribution in [2.45, 2.75) is 219 Å². The van der Waals surface area contributed by atoms with E-state index in [2.05, 4.69) is 26.0 Å². The number of allylic oxidation sites excluding steroid dienone is 2. The second-order valence-corrected chi connectivity index (χ2v) is 12.8. The van der Waals surface area contributed by atoms with Crippen molar-refractivity contribution in [2.24, 2.45) is 0 Å². The smallest absolute Gasteiger partial charge is 0.306 e. The zero-order valence-electron chi connectivity index (χ0n) is 28.3. The molecule has 42 heavy (non-hydrogen) atoms. The van der Waals surface area contributed by atoms with E-state index in [9.17, 15) is 9.59 Å². The summed E-state index contributed by atoms with van der Waals surface area (Å²) in [6.45, 7) is 4.50. The summed E-state index contributed by atoms with van der Waals surface area (Å²) in [5.41, 5.74) is 0. The normalized spacial score (nSPS) is 12.2. The van der Waals surface area contributed by atoms with Gasteiger partial charge in [0.25, 0.3) is 0 Å². The summed E-state index contributed by atoms with van der Waals surface area (Å²) in [5.74, 6) is -0.647. The lowest BCUT2D eigenvalue weighted by Gasteiger charge is -2.18. The second kappa shape index (κ2) is 34.2. The average Bonchev–Trinajstić information content (AvgIpc) is 2.97. The maximum absolute atomic E-state index is 12.5. The SMILES string of the molecule is CCCCCCCC/C=C\CCCCCCCC(=O)OC(CCCCC)CCCCCCCCCCCCCC(=O)O. The molecule has 1 N–H and O–H groups in total. The zero-order valence-corrected chi connectivity index (χ0v) is 28.3. The number of aliphatic carboxylic acids is 1. The van der Waals surface area contributed by atoms with E-state index in [-0.39, 0.29) is 12.1 Å². The van der Waals surface area contributed by atoms with Crippen LogP contribution in [0.15, 0.2) is 12.2 Å². The van der Waals surface area contributed by atoms with Gasteiger partial charge >= 0.3 is 11.9 Å². The third kappa shape index (κ3) is 33.2. The fourth-order valence-corrected chi connectivity index (χ4v) is 5.71. The molecule has 0 bridgehead atoms. The summed E-state index contributed by atoms with van der Waals surface area (Å²) < 4.78 is 5.95. The van der Waals surface area contributed by atoms with Gasteiger partial charge in [-0.1, -0.05) is 148 Å². The third-order valence-electron chi connectivity index (χ3n) is 8.49. The molecule has 0 aliphatic rings. The van der Waals surface area contributed by atoms with Gasteiger partial charge in [-0.25, -0.2) is 0 Å². The van der Waals surface area contributed by atoms with E-state index in [1.165, 1.54) is 141 Å². The minimum atomic E-state index is -0.672. The summed E-state index contributed by atoms with van der Waals surface area (Å²) >= 11 is 0. The summed E-state index contributed by atoms with van der Waals surface area (Å²) in [7, 11) is 0. The standard InChI is InChI=1S/C38H72O4/c1-3-5-7-8-9-10-11-12-13-14-18-21-24-27-31-35-38(41)42-36(32-28-6-4-2)33-29-25-22-19-16-15-17-20-23-26-30-34-37(39)40/h12-13,36H,3-11,14-35H2,1-2H3,(H,39,40)/b13-12-. The van der Waals surface area contributed by atoms with Gasteiger partial charge in [0.15, 0.2) is 0 Å². The molecule has 1 unspecified atom stereocenters. The Morgan fingerprint density at radius 3 is 1.33 bits per heavy atom. The quantitative estimate of drug-likeness (QED) is 0.0458. The first-order chi connectivity index (χ1) is 20.6. The maximum Gasteiger partial charge on any atom is 0.306 e. The highest BCUT2D eigenvalue weighted by Gasteiger charge is 2.14. The van der Waals surface area contributed by atoms with Gasteiger partial charge in [-0.05, 0) is 64.2 Å². The lowest BCUT2D eigenvalue weighted by atomic mass is 10.0. The first-order valence-electron chi connectivity index (χ1n) is 18.7. The van der Waals surface area contributed by atoms with E-state index in [0.29, 0.717) is 12.8 Å². The molecule has 0 aromatic heterocycles. The van der Waals surface area contributed by atoms with Crippen molar-refractivity contribution < 1.29 is 19.4 Å². The highest BCUT2D eigenvalue weighted by molar-refractivity contribution is 5.69. The van der Waals surface area contributed by atoms with Crippen LogP contribution in [0, 0.1) is 0 Å². The Morgan fingerprint density at radius 2 is 0.857 bits per heavy atom. The first kappa shape index (κ1) is 40.7. The molecule has 0 aromatic rings. The number of carboxylic acid groups (broad SMARTS) is 1. The lowest BCUT2D eigenvalue weighted by Crippen LogP contribution is -2.18. The van der Waals surface area contributed by atoms with E-state index in [1.54, 1.807) is 0 Å². The van der Waals surface area contributed by atoms with Crippen molar-refractivity contribution in [3.63, 3.8) is 0 Å². The Morgan fingerprint density at radius 1 is 0.500 bits per heavy atom. The Balaban J connectivity index is 3.74. The van der Waals surface area contributed by atoms with E-state index in [0.717, 1.165) is 44.9 Å². The van der Waals surface area contributed by atoms with Gasteiger partial charge in [-0.15, -0.1) is 0 Å². The van der Waals surface area contributed by atoms with E-state index < -0.39 is 5.97 Å². The van der Waals surface area contributed by atoms with Crippen LogP contribution < -0.4 is 0 Å². The molecule has 4 heteroatoms. The number of carbonyl (C=O) groups excluding carboxylic acids is 1. The van der Waals surface area contributed by atoms with Crippen molar-refractivity contribution in [3.8, 4) is 0 Å². The number of hydrogen-bond donors (Lipinski definition) is 1. The minimum Gasteiger partial charge on any atom is -0.481 e. The Bertz CT molecular complexity index is 600. The van der Waals surface area contributed by atoms with Gasteiger partial charge in [0.1, 0.15) is 6.10 Å².